The Bertz CT molecular complexity index is 575. The van der Waals surface area contributed by atoms with Crippen molar-refractivity contribution in [3.63, 3.8) is 0 Å². The number of anilines is 2. The third kappa shape index (κ3) is 2.49. The molecule has 18 heavy (non-hydrogen) atoms. The van der Waals surface area contributed by atoms with E-state index >= 15 is 0 Å². The highest BCUT2D eigenvalue weighted by atomic mass is 35.5. The van der Waals surface area contributed by atoms with E-state index in [1.807, 2.05) is 25.1 Å². The summed E-state index contributed by atoms with van der Waals surface area (Å²) in [6.45, 7) is 1.92. The fraction of sp³-hybridized carbons (Fsp3) is 0.167. The second-order valence-electron chi connectivity index (χ2n) is 3.58. The first-order valence-electron chi connectivity index (χ1n) is 5.20. The topological polar surface area (TPSA) is 47.0 Å². The molecular weight excluding hydrogens is 273 g/mol. The summed E-state index contributed by atoms with van der Waals surface area (Å²) < 4.78 is 5.17. The Balaban J connectivity index is 2.40. The molecule has 0 spiro atoms. The monoisotopic (exact) mass is 283 g/mol. The summed E-state index contributed by atoms with van der Waals surface area (Å²) in [5, 5.41) is 4.07. The molecule has 4 nitrogen and oxygen atoms in total. The molecule has 0 aliphatic rings. The Morgan fingerprint density at radius 2 is 2.00 bits per heavy atom. The highest BCUT2D eigenvalue weighted by Crippen LogP contribution is 2.32. The predicted octanol–water partition coefficient (Wildman–Crippen LogP) is 3.84. The number of halogens is 2. The summed E-state index contributed by atoms with van der Waals surface area (Å²) in [6, 6.07) is 5.58. The SMILES string of the molecule is COc1c(Cl)ncnc1Nc1cccc(Cl)c1C. The zero-order valence-electron chi connectivity index (χ0n) is 9.87. The quantitative estimate of drug-likeness (QED) is 0.870. The van der Waals surface area contributed by atoms with Crippen LogP contribution in [0, 0.1) is 6.92 Å². The lowest BCUT2D eigenvalue weighted by Gasteiger charge is -2.12. The van der Waals surface area contributed by atoms with Gasteiger partial charge in [-0.3, -0.25) is 0 Å². The molecule has 0 fully saturated rings. The van der Waals surface area contributed by atoms with E-state index in [1.54, 1.807) is 0 Å². The van der Waals surface area contributed by atoms with E-state index in [4.69, 9.17) is 27.9 Å². The minimum atomic E-state index is 0.259. The molecule has 0 unspecified atom stereocenters. The highest BCUT2D eigenvalue weighted by molar-refractivity contribution is 6.32. The number of methoxy groups -OCH3 is 1. The number of nitrogens with zero attached hydrogens (tertiary/aromatic N) is 2. The average Bonchev–Trinajstić information content (AvgIpc) is 2.35. The first-order chi connectivity index (χ1) is 8.63. The van der Waals surface area contributed by atoms with Crippen molar-refractivity contribution in [2.24, 2.45) is 0 Å². The fourth-order valence-electron chi connectivity index (χ4n) is 1.49. The maximum absolute atomic E-state index is 6.05. The Morgan fingerprint density at radius 3 is 2.72 bits per heavy atom. The Labute approximate surface area is 115 Å². The maximum atomic E-state index is 6.05. The summed E-state index contributed by atoms with van der Waals surface area (Å²) in [4.78, 5) is 7.96. The van der Waals surface area contributed by atoms with Gasteiger partial charge in [0.05, 0.1) is 7.11 Å². The van der Waals surface area contributed by atoms with Crippen molar-refractivity contribution >= 4 is 34.7 Å². The molecule has 2 rings (SSSR count). The molecule has 0 amide bonds. The van der Waals surface area contributed by atoms with Crippen molar-refractivity contribution in [1.82, 2.24) is 9.97 Å². The van der Waals surface area contributed by atoms with Crippen LogP contribution < -0.4 is 10.1 Å². The van der Waals surface area contributed by atoms with E-state index in [9.17, 15) is 0 Å². The number of rotatable bonds is 3. The minimum absolute atomic E-state index is 0.259. The van der Waals surface area contributed by atoms with E-state index in [-0.39, 0.29) is 5.15 Å². The van der Waals surface area contributed by atoms with Gasteiger partial charge in [0, 0.05) is 10.7 Å². The summed E-state index contributed by atoms with van der Waals surface area (Å²) in [7, 11) is 1.51. The molecule has 1 aromatic heterocycles. The molecule has 2 aromatic rings. The zero-order valence-corrected chi connectivity index (χ0v) is 11.4. The molecule has 0 bridgehead atoms. The number of hydrogen-bond acceptors (Lipinski definition) is 4. The van der Waals surface area contributed by atoms with Gasteiger partial charge >= 0.3 is 0 Å². The van der Waals surface area contributed by atoms with Crippen LogP contribution in [0.5, 0.6) is 5.75 Å². The van der Waals surface area contributed by atoms with Crippen LogP contribution in [0.25, 0.3) is 0 Å². The first-order valence-corrected chi connectivity index (χ1v) is 5.95. The molecule has 6 heteroatoms. The van der Waals surface area contributed by atoms with Gasteiger partial charge in [0.25, 0.3) is 0 Å². The first kappa shape index (κ1) is 12.9. The largest absolute Gasteiger partial charge is 0.490 e. The lowest BCUT2D eigenvalue weighted by Crippen LogP contribution is -2.00. The molecular formula is C12H11Cl2N3O. The van der Waals surface area contributed by atoms with Gasteiger partial charge in [0.2, 0.25) is 0 Å². The lowest BCUT2D eigenvalue weighted by molar-refractivity contribution is 0.413. The van der Waals surface area contributed by atoms with Gasteiger partial charge in [0.15, 0.2) is 16.7 Å². The van der Waals surface area contributed by atoms with Crippen LogP contribution in [0.3, 0.4) is 0 Å². The van der Waals surface area contributed by atoms with Crippen molar-refractivity contribution in [2.75, 3.05) is 12.4 Å². The molecule has 0 aliphatic heterocycles. The fourth-order valence-corrected chi connectivity index (χ4v) is 1.88. The summed E-state index contributed by atoms with van der Waals surface area (Å²) in [6.07, 6.45) is 1.37. The maximum Gasteiger partial charge on any atom is 0.199 e. The van der Waals surface area contributed by atoms with Gasteiger partial charge in [-0.1, -0.05) is 29.3 Å². The molecule has 1 aromatic carbocycles. The minimum Gasteiger partial charge on any atom is -0.490 e. The van der Waals surface area contributed by atoms with Gasteiger partial charge < -0.3 is 10.1 Å². The third-order valence-electron chi connectivity index (χ3n) is 2.49. The molecule has 94 valence electrons. The van der Waals surface area contributed by atoms with E-state index < -0.39 is 0 Å². The van der Waals surface area contributed by atoms with Crippen molar-refractivity contribution in [1.29, 1.82) is 0 Å². The molecule has 0 aliphatic carbocycles. The molecule has 0 radical (unpaired) electrons. The summed E-state index contributed by atoms with van der Waals surface area (Å²) in [5.74, 6) is 0.904. The Kier molecular flexibility index (Phi) is 3.89. The number of benzene rings is 1. The van der Waals surface area contributed by atoms with Gasteiger partial charge in [-0.15, -0.1) is 0 Å². The molecule has 0 saturated heterocycles. The van der Waals surface area contributed by atoms with Crippen molar-refractivity contribution in [3.05, 3.63) is 40.3 Å². The lowest BCUT2D eigenvalue weighted by atomic mass is 10.2. The number of aromatic nitrogens is 2. The van der Waals surface area contributed by atoms with Crippen LogP contribution in [-0.4, -0.2) is 17.1 Å². The number of hydrogen-bond donors (Lipinski definition) is 1. The van der Waals surface area contributed by atoms with Gasteiger partial charge in [-0.2, -0.15) is 0 Å². The van der Waals surface area contributed by atoms with Gasteiger partial charge in [-0.25, -0.2) is 9.97 Å². The van der Waals surface area contributed by atoms with Crippen LogP contribution in [0.2, 0.25) is 10.2 Å². The standard InChI is InChI=1S/C12H11Cl2N3O/c1-7-8(13)4-3-5-9(7)17-12-10(18-2)11(14)15-6-16-12/h3-6H,1-2H3,(H,15,16,17). The average molecular weight is 284 g/mol. The predicted molar refractivity (Wildman–Crippen MR) is 73.1 cm³/mol. The number of ether oxygens (including phenoxy) is 1. The second-order valence-corrected chi connectivity index (χ2v) is 4.35. The third-order valence-corrected chi connectivity index (χ3v) is 3.16. The van der Waals surface area contributed by atoms with Crippen molar-refractivity contribution in [2.45, 2.75) is 6.92 Å². The van der Waals surface area contributed by atoms with Gasteiger partial charge in [0.1, 0.15) is 6.33 Å². The van der Waals surface area contributed by atoms with Crippen LogP contribution >= 0.6 is 23.2 Å². The molecule has 0 saturated carbocycles. The molecule has 0 atom stereocenters. The van der Waals surface area contributed by atoms with E-state index in [2.05, 4.69) is 15.3 Å². The van der Waals surface area contributed by atoms with E-state index in [1.165, 1.54) is 13.4 Å². The van der Waals surface area contributed by atoms with Crippen LogP contribution in [0.15, 0.2) is 24.5 Å². The van der Waals surface area contributed by atoms with Crippen molar-refractivity contribution < 1.29 is 4.74 Å². The Hall–Kier alpha value is -1.52. The Morgan fingerprint density at radius 1 is 1.22 bits per heavy atom. The van der Waals surface area contributed by atoms with Crippen molar-refractivity contribution in [3.8, 4) is 5.75 Å². The zero-order chi connectivity index (χ0) is 13.1. The number of nitrogens with one attached hydrogen (secondary N) is 1. The normalized spacial score (nSPS) is 10.2. The van der Waals surface area contributed by atoms with E-state index in [0.717, 1.165) is 11.3 Å². The summed E-state index contributed by atoms with van der Waals surface area (Å²) in [5.41, 5.74) is 1.77. The smallest absolute Gasteiger partial charge is 0.199 e. The van der Waals surface area contributed by atoms with Crippen LogP contribution in [0.4, 0.5) is 11.5 Å². The second kappa shape index (κ2) is 5.42. The van der Waals surface area contributed by atoms with Crippen LogP contribution in [-0.2, 0) is 0 Å². The molecule has 1 heterocycles. The van der Waals surface area contributed by atoms with Gasteiger partial charge in [-0.05, 0) is 24.6 Å². The molecule has 1 N–H and O–H groups in total. The summed E-state index contributed by atoms with van der Waals surface area (Å²) >= 11 is 12.0. The van der Waals surface area contributed by atoms with E-state index in [0.29, 0.717) is 16.6 Å². The van der Waals surface area contributed by atoms with Crippen LogP contribution in [0.1, 0.15) is 5.56 Å². The highest BCUT2D eigenvalue weighted by Gasteiger charge is 2.11.